The lowest BCUT2D eigenvalue weighted by Gasteiger charge is -2.08. The molecule has 1 aromatic carbocycles. The van der Waals surface area contributed by atoms with Crippen LogP contribution in [0.3, 0.4) is 0 Å². The maximum atomic E-state index is 12.0. The first-order valence-corrected chi connectivity index (χ1v) is 7.76. The first-order chi connectivity index (χ1) is 10.2. The van der Waals surface area contributed by atoms with E-state index in [1.165, 1.54) is 25.5 Å². The van der Waals surface area contributed by atoms with Crippen LogP contribution in [0.4, 0.5) is 0 Å². The van der Waals surface area contributed by atoms with Crippen LogP contribution in [0, 0.1) is 0 Å². The van der Waals surface area contributed by atoms with Gasteiger partial charge in [-0.25, -0.2) is 4.79 Å². The summed E-state index contributed by atoms with van der Waals surface area (Å²) < 4.78 is 0. The Morgan fingerprint density at radius 1 is 1.14 bits per heavy atom. The van der Waals surface area contributed by atoms with Gasteiger partial charge < -0.3 is 0 Å². The van der Waals surface area contributed by atoms with Crippen molar-refractivity contribution in [2.45, 2.75) is 52.4 Å². The Hall–Kier alpha value is -1.61. The fourth-order valence-electron chi connectivity index (χ4n) is 2.29. The standard InChI is InChI=1S/C18H26O3/c1-4-6-7-8-13-17(18(19)21-20-3)14-16-12-10-9-11-15(16)5-2/h9-12,14H,4-8,13H2,1-3H3. The molecule has 0 spiro atoms. The number of hydrogen-bond donors (Lipinski definition) is 0. The molecule has 21 heavy (non-hydrogen) atoms. The van der Waals surface area contributed by atoms with Crippen LogP contribution in [0.15, 0.2) is 29.8 Å². The molecule has 0 unspecified atom stereocenters. The highest BCUT2D eigenvalue weighted by Crippen LogP contribution is 2.19. The van der Waals surface area contributed by atoms with Crippen molar-refractivity contribution in [1.29, 1.82) is 0 Å². The number of carbonyl (C=O) groups excluding carboxylic acids is 1. The van der Waals surface area contributed by atoms with Crippen LogP contribution >= 0.6 is 0 Å². The monoisotopic (exact) mass is 290 g/mol. The van der Waals surface area contributed by atoms with Gasteiger partial charge in [0.2, 0.25) is 0 Å². The minimum atomic E-state index is -0.389. The van der Waals surface area contributed by atoms with Crippen molar-refractivity contribution in [2.75, 3.05) is 7.11 Å². The fourth-order valence-corrected chi connectivity index (χ4v) is 2.29. The van der Waals surface area contributed by atoms with Crippen LogP contribution < -0.4 is 0 Å². The molecule has 116 valence electrons. The molecule has 1 aromatic rings. The minimum absolute atomic E-state index is 0.389. The van der Waals surface area contributed by atoms with E-state index in [1.54, 1.807) is 0 Å². The summed E-state index contributed by atoms with van der Waals surface area (Å²) in [4.78, 5) is 21.2. The molecule has 3 heteroatoms. The average Bonchev–Trinajstić information content (AvgIpc) is 2.51. The Bertz CT molecular complexity index is 463. The van der Waals surface area contributed by atoms with Crippen molar-refractivity contribution >= 4 is 12.0 Å². The molecule has 0 aliphatic carbocycles. The summed E-state index contributed by atoms with van der Waals surface area (Å²) in [7, 11) is 1.35. The van der Waals surface area contributed by atoms with Crippen LogP contribution in [0.25, 0.3) is 6.08 Å². The predicted octanol–water partition coefficient (Wildman–Crippen LogP) is 4.71. The molecule has 0 aliphatic heterocycles. The average molecular weight is 290 g/mol. The minimum Gasteiger partial charge on any atom is -0.293 e. The first kappa shape index (κ1) is 17.4. The van der Waals surface area contributed by atoms with Crippen LogP contribution in [-0.4, -0.2) is 13.1 Å². The molecule has 0 radical (unpaired) electrons. The maximum Gasteiger partial charge on any atom is 0.369 e. The van der Waals surface area contributed by atoms with Gasteiger partial charge in [-0.2, -0.15) is 4.89 Å². The maximum absolute atomic E-state index is 12.0. The van der Waals surface area contributed by atoms with E-state index in [0.717, 1.165) is 31.2 Å². The molecule has 0 amide bonds. The normalized spacial score (nSPS) is 11.5. The van der Waals surface area contributed by atoms with Gasteiger partial charge >= 0.3 is 5.97 Å². The van der Waals surface area contributed by atoms with E-state index in [-0.39, 0.29) is 5.97 Å². The van der Waals surface area contributed by atoms with Gasteiger partial charge in [0.1, 0.15) is 0 Å². The van der Waals surface area contributed by atoms with Gasteiger partial charge in [-0.15, -0.1) is 0 Å². The highest BCUT2D eigenvalue weighted by atomic mass is 17.2. The summed E-state index contributed by atoms with van der Waals surface area (Å²) in [6.07, 6.45) is 8.09. The van der Waals surface area contributed by atoms with Gasteiger partial charge in [0.25, 0.3) is 0 Å². The van der Waals surface area contributed by atoms with Crippen LogP contribution in [0.2, 0.25) is 0 Å². The second kappa shape index (κ2) is 10.2. The summed E-state index contributed by atoms with van der Waals surface area (Å²) in [5.74, 6) is -0.389. The molecule has 0 atom stereocenters. The van der Waals surface area contributed by atoms with Crippen molar-refractivity contribution in [1.82, 2.24) is 0 Å². The molecular formula is C18H26O3. The van der Waals surface area contributed by atoms with Crippen molar-refractivity contribution in [3.8, 4) is 0 Å². The Labute approximate surface area is 127 Å². The number of carbonyl (C=O) groups is 1. The van der Waals surface area contributed by atoms with Gasteiger partial charge in [-0.05, 0) is 36.5 Å². The first-order valence-electron chi connectivity index (χ1n) is 7.76. The molecule has 0 heterocycles. The summed E-state index contributed by atoms with van der Waals surface area (Å²) in [6, 6.07) is 8.12. The summed E-state index contributed by atoms with van der Waals surface area (Å²) in [6.45, 7) is 4.29. The number of benzene rings is 1. The Morgan fingerprint density at radius 2 is 1.90 bits per heavy atom. The third kappa shape index (κ3) is 6.13. The quantitative estimate of drug-likeness (QED) is 0.286. The molecule has 0 N–H and O–H groups in total. The van der Waals surface area contributed by atoms with Gasteiger partial charge in [0, 0.05) is 5.57 Å². The number of rotatable bonds is 9. The second-order valence-electron chi connectivity index (χ2n) is 5.07. The van der Waals surface area contributed by atoms with E-state index in [0.29, 0.717) is 5.57 Å². The van der Waals surface area contributed by atoms with E-state index in [2.05, 4.69) is 24.8 Å². The molecule has 1 rings (SSSR count). The zero-order valence-electron chi connectivity index (χ0n) is 13.4. The van der Waals surface area contributed by atoms with Gasteiger partial charge in [-0.3, -0.25) is 4.89 Å². The van der Waals surface area contributed by atoms with Gasteiger partial charge in [0.15, 0.2) is 0 Å². The summed E-state index contributed by atoms with van der Waals surface area (Å²) in [5.41, 5.74) is 2.99. The van der Waals surface area contributed by atoms with Gasteiger partial charge in [-0.1, -0.05) is 57.4 Å². The zero-order valence-corrected chi connectivity index (χ0v) is 13.4. The lowest BCUT2D eigenvalue weighted by Crippen LogP contribution is -2.07. The summed E-state index contributed by atoms with van der Waals surface area (Å²) in [5, 5.41) is 0. The van der Waals surface area contributed by atoms with E-state index in [1.807, 2.05) is 24.3 Å². The molecule has 0 fully saturated rings. The number of aryl methyl sites for hydroxylation is 1. The SMILES string of the molecule is CCCCCCC(=Cc1ccccc1CC)C(=O)OOC. The van der Waals surface area contributed by atoms with E-state index in [9.17, 15) is 4.79 Å². The number of hydrogen-bond acceptors (Lipinski definition) is 3. The van der Waals surface area contributed by atoms with Crippen molar-refractivity contribution in [3.05, 3.63) is 41.0 Å². The Kier molecular flexibility index (Phi) is 8.44. The van der Waals surface area contributed by atoms with Crippen molar-refractivity contribution < 1.29 is 14.6 Å². The van der Waals surface area contributed by atoms with E-state index in [4.69, 9.17) is 4.89 Å². The lowest BCUT2D eigenvalue weighted by atomic mass is 10.00. The molecule has 0 aliphatic rings. The summed E-state index contributed by atoms with van der Waals surface area (Å²) >= 11 is 0. The second-order valence-corrected chi connectivity index (χ2v) is 5.07. The lowest BCUT2D eigenvalue weighted by molar-refractivity contribution is -0.250. The molecule has 0 aromatic heterocycles. The molecule has 3 nitrogen and oxygen atoms in total. The molecule has 0 saturated heterocycles. The Balaban J connectivity index is 2.88. The van der Waals surface area contributed by atoms with Crippen LogP contribution in [-0.2, 0) is 21.0 Å². The zero-order chi connectivity index (χ0) is 15.5. The molecular weight excluding hydrogens is 264 g/mol. The third-order valence-corrected chi connectivity index (χ3v) is 3.49. The largest absolute Gasteiger partial charge is 0.369 e. The topological polar surface area (TPSA) is 35.5 Å². The molecule has 0 saturated carbocycles. The molecule has 0 bridgehead atoms. The van der Waals surface area contributed by atoms with E-state index < -0.39 is 0 Å². The van der Waals surface area contributed by atoms with Crippen molar-refractivity contribution in [2.24, 2.45) is 0 Å². The smallest absolute Gasteiger partial charge is 0.293 e. The van der Waals surface area contributed by atoms with Crippen LogP contribution in [0.5, 0.6) is 0 Å². The number of unbranched alkanes of at least 4 members (excludes halogenated alkanes) is 3. The van der Waals surface area contributed by atoms with Crippen LogP contribution in [0.1, 0.15) is 57.1 Å². The highest BCUT2D eigenvalue weighted by Gasteiger charge is 2.12. The van der Waals surface area contributed by atoms with Crippen molar-refractivity contribution in [3.63, 3.8) is 0 Å². The van der Waals surface area contributed by atoms with Gasteiger partial charge in [0.05, 0.1) is 7.11 Å². The third-order valence-electron chi connectivity index (χ3n) is 3.49. The fraction of sp³-hybridized carbons (Fsp3) is 0.500. The predicted molar refractivity (Wildman–Crippen MR) is 85.7 cm³/mol. The highest BCUT2D eigenvalue weighted by molar-refractivity contribution is 5.93. The Morgan fingerprint density at radius 3 is 2.57 bits per heavy atom. The van der Waals surface area contributed by atoms with E-state index >= 15 is 0 Å².